The van der Waals surface area contributed by atoms with Gasteiger partial charge in [-0.2, -0.15) is 0 Å². The summed E-state index contributed by atoms with van der Waals surface area (Å²) in [7, 11) is 0. The highest BCUT2D eigenvalue weighted by Gasteiger charge is 2.31. The van der Waals surface area contributed by atoms with Gasteiger partial charge in [-0.3, -0.25) is 4.79 Å². The molecule has 1 aliphatic rings. The van der Waals surface area contributed by atoms with Crippen LogP contribution in [0.3, 0.4) is 0 Å². The second-order valence-corrected chi connectivity index (χ2v) is 4.98. The molecular weight excluding hydrogens is 223 g/mol. The summed E-state index contributed by atoms with van der Waals surface area (Å²) in [4.78, 5) is 11.1. The van der Waals surface area contributed by atoms with Crippen molar-refractivity contribution >= 4 is 5.97 Å². The molecule has 0 aromatic heterocycles. The molecule has 0 unspecified atom stereocenters. The molecule has 92 valence electrons. The van der Waals surface area contributed by atoms with Crippen LogP contribution in [-0.4, -0.2) is 17.7 Å². The van der Waals surface area contributed by atoms with Gasteiger partial charge in [0.1, 0.15) is 11.6 Å². The molecule has 0 aliphatic carbocycles. The van der Waals surface area contributed by atoms with Crippen LogP contribution >= 0.6 is 0 Å². The minimum absolute atomic E-state index is 0.136. The number of benzene rings is 1. The fourth-order valence-corrected chi connectivity index (χ4v) is 1.97. The third-order valence-electron chi connectivity index (χ3n) is 3.10. The Labute approximate surface area is 99.2 Å². The lowest BCUT2D eigenvalue weighted by Gasteiger charge is -2.20. The van der Waals surface area contributed by atoms with Crippen LogP contribution in [0, 0.1) is 11.2 Å². The van der Waals surface area contributed by atoms with Crippen molar-refractivity contribution < 1.29 is 19.0 Å². The summed E-state index contributed by atoms with van der Waals surface area (Å²) in [5.41, 5.74) is 0.344. The first-order valence-electron chi connectivity index (χ1n) is 5.58. The summed E-state index contributed by atoms with van der Waals surface area (Å²) in [5.74, 6) is -0.785. The minimum Gasteiger partial charge on any atom is -0.493 e. The summed E-state index contributed by atoms with van der Waals surface area (Å²) in [6.07, 6.45) is 0.896. The molecule has 0 atom stereocenters. The summed E-state index contributed by atoms with van der Waals surface area (Å²) in [5, 5.41) is 9.08. The molecule has 1 N–H and O–H groups in total. The largest absolute Gasteiger partial charge is 0.493 e. The maximum atomic E-state index is 13.8. The number of ether oxygens (including phenoxy) is 1. The van der Waals surface area contributed by atoms with E-state index >= 15 is 0 Å². The average Bonchev–Trinajstić information content (AvgIpc) is 2.70. The van der Waals surface area contributed by atoms with Crippen molar-refractivity contribution in [2.75, 3.05) is 6.61 Å². The van der Waals surface area contributed by atoms with E-state index in [0.29, 0.717) is 17.9 Å². The van der Waals surface area contributed by atoms with Gasteiger partial charge >= 0.3 is 5.97 Å². The van der Waals surface area contributed by atoms with Crippen LogP contribution in [0.1, 0.15) is 25.0 Å². The van der Waals surface area contributed by atoms with E-state index in [0.717, 1.165) is 12.0 Å². The standard InChI is InChI=1S/C13H15FO3/c1-13(2,12(15)16)7-9-10(14)4-3-8-5-6-17-11(8)9/h3-4H,5-7H2,1-2H3,(H,15,16). The maximum absolute atomic E-state index is 13.8. The molecule has 0 fully saturated rings. The minimum atomic E-state index is -0.998. The smallest absolute Gasteiger partial charge is 0.309 e. The van der Waals surface area contributed by atoms with Crippen molar-refractivity contribution in [3.63, 3.8) is 0 Å². The van der Waals surface area contributed by atoms with Gasteiger partial charge in [0.2, 0.25) is 0 Å². The maximum Gasteiger partial charge on any atom is 0.309 e. The Morgan fingerprint density at radius 2 is 2.24 bits per heavy atom. The van der Waals surface area contributed by atoms with E-state index in [1.54, 1.807) is 19.9 Å². The van der Waals surface area contributed by atoms with Gasteiger partial charge in [0.25, 0.3) is 0 Å². The van der Waals surface area contributed by atoms with Gasteiger partial charge < -0.3 is 9.84 Å². The van der Waals surface area contributed by atoms with Gasteiger partial charge in [0, 0.05) is 12.0 Å². The van der Waals surface area contributed by atoms with Gasteiger partial charge in [0.05, 0.1) is 12.0 Å². The first kappa shape index (κ1) is 11.9. The van der Waals surface area contributed by atoms with Gasteiger partial charge in [0.15, 0.2) is 0 Å². The lowest BCUT2D eigenvalue weighted by molar-refractivity contribution is -0.146. The van der Waals surface area contributed by atoms with Crippen molar-refractivity contribution in [2.45, 2.75) is 26.7 Å². The molecule has 0 amide bonds. The van der Waals surface area contributed by atoms with Crippen LogP contribution in [0.5, 0.6) is 5.75 Å². The zero-order valence-corrected chi connectivity index (χ0v) is 9.92. The van der Waals surface area contributed by atoms with Crippen molar-refractivity contribution in [2.24, 2.45) is 5.41 Å². The number of hydrogen-bond acceptors (Lipinski definition) is 2. The molecule has 0 radical (unpaired) electrons. The highest BCUT2D eigenvalue weighted by atomic mass is 19.1. The van der Waals surface area contributed by atoms with E-state index in [1.165, 1.54) is 6.07 Å². The highest BCUT2D eigenvalue weighted by Crippen LogP contribution is 2.35. The zero-order valence-electron chi connectivity index (χ0n) is 9.92. The Kier molecular flexibility index (Phi) is 2.81. The van der Waals surface area contributed by atoms with Crippen molar-refractivity contribution in [3.8, 4) is 5.75 Å². The van der Waals surface area contributed by atoms with E-state index in [9.17, 15) is 9.18 Å². The van der Waals surface area contributed by atoms with Gasteiger partial charge in [-0.25, -0.2) is 4.39 Å². The highest BCUT2D eigenvalue weighted by molar-refractivity contribution is 5.74. The topological polar surface area (TPSA) is 46.5 Å². The Hall–Kier alpha value is -1.58. The van der Waals surface area contributed by atoms with Crippen molar-refractivity contribution in [1.29, 1.82) is 0 Å². The predicted octanol–water partition coefficient (Wildman–Crippen LogP) is 2.41. The molecule has 17 heavy (non-hydrogen) atoms. The molecule has 0 saturated carbocycles. The summed E-state index contributed by atoms with van der Waals surface area (Å²) in [6.45, 7) is 3.71. The molecule has 0 bridgehead atoms. The summed E-state index contributed by atoms with van der Waals surface area (Å²) < 4.78 is 19.2. The van der Waals surface area contributed by atoms with Gasteiger partial charge in [-0.05, 0) is 31.9 Å². The Morgan fingerprint density at radius 1 is 1.53 bits per heavy atom. The number of fused-ring (bicyclic) bond motifs is 1. The Bertz CT molecular complexity index is 466. The summed E-state index contributed by atoms with van der Waals surface area (Å²) >= 11 is 0. The van der Waals surface area contributed by atoms with Crippen molar-refractivity contribution in [1.82, 2.24) is 0 Å². The van der Waals surface area contributed by atoms with Crippen molar-refractivity contribution in [3.05, 3.63) is 29.1 Å². The van der Waals surface area contributed by atoms with Crippen LogP contribution in [0.2, 0.25) is 0 Å². The molecule has 4 heteroatoms. The molecule has 1 heterocycles. The molecule has 0 saturated heterocycles. The summed E-state index contributed by atoms with van der Waals surface area (Å²) in [6, 6.07) is 3.09. The van der Waals surface area contributed by atoms with E-state index in [1.807, 2.05) is 0 Å². The number of hydrogen-bond donors (Lipinski definition) is 1. The van der Waals surface area contributed by atoms with E-state index in [4.69, 9.17) is 9.84 Å². The van der Waals surface area contributed by atoms with Crippen LogP contribution in [-0.2, 0) is 17.6 Å². The zero-order chi connectivity index (χ0) is 12.6. The second-order valence-electron chi connectivity index (χ2n) is 4.98. The third-order valence-corrected chi connectivity index (χ3v) is 3.10. The Balaban J connectivity index is 2.39. The van der Waals surface area contributed by atoms with E-state index < -0.39 is 11.4 Å². The monoisotopic (exact) mass is 238 g/mol. The molecule has 1 aromatic rings. The van der Waals surface area contributed by atoms with Gasteiger partial charge in [-0.1, -0.05) is 6.07 Å². The molecule has 1 aliphatic heterocycles. The lowest BCUT2D eigenvalue weighted by atomic mass is 9.85. The van der Waals surface area contributed by atoms with Crippen LogP contribution in [0.4, 0.5) is 4.39 Å². The first-order chi connectivity index (χ1) is 7.92. The Morgan fingerprint density at radius 3 is 2.88 bits per heavy atom. The number of aliphatic carboxylic acids is 1. The number of halogens is 1. The van der Waals surface area contributed by atoms with Gasteiger partial charge in [-0.15, -0.1) is 0 Å². The normalized spacial score (nSPS) is 14.3. The number of carbonyl (C=O) groups is 1. The number of rotatable bonds is 3. The quantitative estimate of drug-likeness (QED) is 0.879. The average molecular weight is 238 g/mol. The molecule has 3 nitrogen and oxygen atoms in total. The van der Waals surface area contributed by atoms with Crippen LogP contribution < -0.4 is 4.74 Å². The molecule has 1 aromatic carbocycles. The number of carboxylic acid groups (broad SMARTS) is 1. The molecule has 2 rings (SSSR count). The third kappa shape index (κ3) is 2.12. The predicted molar refractivity (Wildman–Crippen MR) is 60.7 cm³/mol. The second kappa shape index (κ2) is 4.02. The SMILES string of the molecule is CC(C)(Cc1c(F)ccc2c1OCC2)C(=O)O. The van der Waals surface area contributed by atoms with Crippen LogP contribution in [0.25, 0.3) is 0 Å². The van der Waals surface area contributed by atoms with E-state index in [-0.39, 0.29) is 12.2 Å². The number of carboxylic acids is 1. The fraction of sp³-hybridized carbons (Fsp3) is 0.462. The van der Waals surface area contributed by atoms with E-state index in [2.05, 4.69) is 0 Å². The molecular formula is C13H15FO3. The molecule has 0 spiro atoms. The first-order valence-corrected chi connectivity index (χ1v) is 5.58. The fourth-order valence-electron chi connectivity index (χ4n) is 1.97. The van der Waals surface area contributed by atoms with Crippen LogP contribution in [0.15, 0.2) is 12.1 Å². The lowest BCUT2D eigenvalue weighted by Crippen LogP contribution is -2.26.